The molecule has 3 heteroatoms. The maximum absolute atomic E-state index is 12.1. The third-order valence-corrected chi connectivity index (χ3v) is 4.02. The Morgan fingerprint density at radius 2 is 2.31 bits per heavy atom. The van der Waals surface area contributed by atoms with E-state index in [0.717, 1.165) is 12.8 Å². The fraction of sp³-hybridized carbons (Fsp3) is 0.923. The molecular weight excluding hydrogens is 200 g/mol. The highest BCUT2D eigenvalue weighted by molar-refractivity contribution is 5.80. The lowest BCUT2D eigenvalue weighted by molar-refractivity contribution is -0.126. The van der Waals surface area contributed by atoms with Gasteiger partial charge < -0.3 is 10.6 Å². The molecule has 2 heterocycles. The molecule has 0 spiro atoms. The maximum Gasteiger partial charge on any atom is 0.224 e. The van der Waals surface area contributed by atoms with Crippen molar-refractivity contribution in [2.75, 3.05) is 0 Å². The van der Waals surface area contributed by atoms with Crippen LogP contribution in [0.2, 0.25) is 0 Å². The number of hydrogen-bond donors (Lipinski definition) is 2. The van der Waals surface area contributed by atoms with E-state index in [-0.39, 0.29) is 11.8 Å². The van der Waals surface area contributed by atoms with Gasteiger partial charge in [-0.1, -0.05) is 19.8 Å². The van der Waals surface area contributed by atoms with E-state index in [4.69, 9.17) is 0 Å². The zero-order valence-electron chi connectivity index (χ0n) is 10.5. The summed E-state index contributed by atoms with van der Waals surface area (Å²) in [6.45, 7) is 4.31. The smallest absolute Gasteiger partial charge is 0.224 e. The van der Waals surface area contributed by atoms with Gasteiger partial charge in [0.2, 0.25) is 5.91 Å². The lowest BCUT2D eigenvalue weighted by Crippen LogP contribution is -2.41. The lowest BCUT2D eigenvalue weighted by atomic mass is 9.88. The molecule has 4 atom stereocenters. The molecule has 0 aromatic heterocycles. The predicted molar refractivity (Wildman–Crippen MR) is 65.2 cm³/mol. The van der Waals surface area contributed by atoms with Crippen molar-refractivity contribution in [1.82, 2.24) is 10.6 Å². The molecular formula is C13H24N2O. The largest absolute Gasteiger partial charge is 0.353 e. The molecule has 2 N–H and O–H groups in total. The van der Waals surface area contributed by atoms with Gasteiger partial charge in [0.15, 0.2) is 0 Å². The molecule has 16 heavy (non-hydrogen) atoms. The van der Waals surface area contributed by atoms with Crippen LogP contribution in [-0.4, -0.2) is 24.0 Å². The van der Waals surface area contributed by atoms with Gasteiger partial charge in [0.05, 0.1) is 5.92 Å². The van der Waals surface area contributed by atoms with Crippen LogP contribution in [0.15, 0.2) is 0 Å². The lowest BCUT2D eigenvalue weighted by Gasteiger charge is -2.22. The highest BCUT2D eigenvalue weighted by Gasteiger charge is 2.42. The van der Waals surface area contributed by atoms with Gasteiger partial charge in [-0.2, -0.15) is 0 Å². The van der Waals surface area contributed by atoms with Gasteiger partial charge in [-0.25, -0.2) is 0 Å². The van der Waals surface area contributed by atoms with Crippen molar-refractivity contribution >= 4 is 5.91 Å². The van der Waals surface area contributed by atoms with Crippen molar-refractivity contribution in [2.24, 2.45) is 5.92 Å². The first-order chi connectivity index (χ1) is 7.70. The molecule has 2 fully saturated rings. The maximum atomic E-state index is 12.1. The second kappa shape index (κ2) is 5.17. The van der Waals surface area contributed by atoms with Crippen LogP contribution in [0.25, 0.3) is 0 Å². The Balaban J connectivity index is 1.75. The van der Waals surface area contributed by atoms with Gasteiger partial charge in [-0.05, 0) is 32.6 Å². The van der Waals surface area contributed by atoms with Crippen LogP contribution in [0.3, 0.4) is 0 Å². The third kappa shape index (κ3) is 2.57. The second-order valence-corrected chi connectivity index (χ2v) is 5.44. The minimum absolute atomic E-state index is 0.239. The van der Waals surface area contributed by atoms with Crippen LogP contribution < -0.4 is 10.6 Å². The first kappa shape index (κ1) is 11.9. The molecule has 4 unspecified atom stereocenters. The van der Waals surface area contributed by atoms with Gasteiger partial charge in [0.25, 0.3) is 0 Å². The molecule has 92 valence electrons. The molecule has 2 rings (SSSR count). The molecule has 2 saturated heterocycles. The molecule has 0 aromatic rings. The van der Waals surface area contributed by atoms with Crippen LogP contribution in [0.4, 0.5) is 0 Å². The molecule has 2 aliphatic heterocycles. The van der Waals surface area contributed by atoms with Gasteiger partial charge in [-0.15, -0.1) is 0 Å². The minimum Gasteiger partial charge on any atom is -0.353 e. The fourth-order valence-electron chi connectivity index (χ4n) is 3.05. The van der Waals surface area contributed by atoms with Crippen LogP contribution >= 0.6 is 0 Å². The Bertz CT molecular complexity index is 254. The second-order valence-electron chi connectivity index (χ2n) is 5.44. The van der Waals surface area contributed by atoms with E-state index in [1.807, 2.05) is 0 Å². The quantitative estimate of drug-likeness (QED) is 0.748. The summed E-state index contributed by atoms with van der Waals surface area (Å²) in [6.07, 6.45) is 7.02. The van der Waals surface area contributed by atoms with Gasteiger partial charge >= 0.3 is 0 Å². The number of amides is 1. The van der Waals surface area contributed by atoms with Crippen molar-refractivity contribution in [3.8, 4) is 0 Å². The molecule has 1 amide bonds. The molecule has 2 bridgehead atoms. The van der Waals surface area contributed by atoms with Crippen molar-refractivity contribution in [1.29, 1.82) is 0 Å². The SMILES string of the molecule is CCCCC(C)NC(=O)C1CC2CCC1N2. The molecule has 0 radical (unpaired) electrons. The highest BCUT2D eigenvalue weighted by atomic mass is 16.2. The molecule has 0 aromatic carbocycles. The summed E-state index contributed by atoms with van der Waals surface area (Å²) >= 11 is 0. The highest BCUT2D eigenvalue weighted by Crippen LogP contribution is 2.33. The number of carbonyl (C=O) groups is 1. The van der Waals surface area contributed by atoms with E-state index >= 15 is 0 Å². The van der Waals surface area contributed by atoms with Crippen molar-refractivity contribution in [2.45, 2.75) is 70.5 Å². The standard InChI is InChI=1S/C13H24N2O/c1-3-4-5-9(2)14-13(16)11-8-10-6-7-12(11)15-10/h9-12,15H,3-8H2,1-2H3,(H,14,16). The van der Waals surface area contributed by atoms with E-state index in [1.54, 1.807) is 0 Å². The van der Waals surface area contributed by atoms with E-state index in [9.17, 15) is 4.79 Å². The Morgan fingerprint density at radius 1 is 1.50 bits per heavy atom. The summed E-state index contributed by atoms with van der Waals surface area (Å²) in [4.78, 5) is 12.1. The number of nitrogens with one attached hydrogen (secondary N) is 2. The van der Waals surface area contributed by atoms with E-state index in [0.29, 0.717) is 18.1 Å². The van der Waals surface area contributed by atoms with Gasteiger partial charge in [0.1, 0.15) is 0 Å². The summed E-state index contributed by atoms with van der Waals surface area (Å²) < 4.78 is 0. The average molecular weight is 224 g/mol. The summed E-state index contributed by atoms with van der Waals surface area (Å²) in [6, 6.07) is 1.42. The Hall–Kier alpha value is -0.570. The minimum atomic E-state index is 0.239. The van der Waals surface area contributed by atoms with Crippen molar-refractivity contribution in [3.63, 3.8) is 0 Å². The van der Waals surface area contributed by atoms with Crippen molar-refractivity contribution in [3.05, 3.63) is 0 Å². The van der Waals surface area contributed by atoms with Gasteiger partial charge in [-0.3, -0.25) is 4.79 Å². The Kier molecular flexibility index (Phi) is 3.85. The summed E-state index contributed by atoms with van der Waals surface area (Å²) in [7, 11) is 0. The van der Waals surface area contributed by atoms with E-state index in [1.165, 1.54) is 25.7 Å². The summed E-state index contributed by atoms with van der Waals surface area (Å²) in [5, 5.41) is 6.68. The molecule has 0 aliphatic carbocycles. The first-order valence-electron chi connectivity index (χ1n) is 6.77. The normalized spacial score (nSPS) is 34.0. The Morgan fingerprint density at radius 3 is 2.88 bits per heavy atom. The third-order valence-electron chi connectivity index (χ3n) is 4.02. The summed E-state index contributed by atoms with van der Waals surface area (Å²) in [5.41, 5.74) is 0. The zero-order chi connectivity index (χ0) is 11.5. The number of rotatable bonds is 5. The predicted octanol–water partition coefficient (Wildman–Crippen LogP) is 1.82. The molecule has 2 aliphatic rings. The van der Waals surface area contributed by atoms with Crippen LogP contribution in [0, 0.1) is 5.92 Å². The Labute approximate surface area is 98.4 Å². The zero-order valence-corrected chi connectivity index (χ0v) is 10.5. The summed E-state index contributed by atoms with van der Waals surface area (Å²) in [5.74, 6) is 0.520. The van der Waals surface area contributed by atoms with E-state index in [2.05, 4.69) is 24.5 Å². The van der Waals surface area contributed by atoms with Crippen LogP contribution in [0.5, 0.6) is 0 Å². The monoisotopic (exact) mass is 224 g/mol. The molecule has 3 nitrogen and oxygen atoms in total. The fourth-order valence-corrected chi connectivity index (χ4v) is 3.05. The average Bonchev–Trinajstić information content (AvgIpc) is 2.87. The first-order valence-corrected chi connectivity index (χ1v) is 6.77. The van der Waals surface area contributed by atoms with Gasteiger partial charge in [0, 0.05) is 18.1 Å². The molecule has 0 saturated carbocycles. The topological polar surface area (TPSA) is 41.1 Å². The van der Waals surface area contributed by atoms with E-state index < -0.39 is 0 Å². The van der Waals surface area contributed by atoms with Crippen LogP contribution in [-0.2, 0) is 4.79 Å². The van der Waals surface area contributed by atoms with Crippen LogP contribution in [0.1, 0.15) is 52.4 Å². The number of unbranched alkanes of at least 4 members (excludes halogenated alkanes) is 1. The number of carbonyl (C=O) groups excluding carboxylic acids is 1. The number of hydrogen-bond acceptors (Lipinski definition) is 2. The van der Waals surface area contributed by atoms with Crippen molar-refractivity contribution < 1.29 is 4.79 Å². The number of fused-ring (bicyclic) bond motifs is 2.